The van der Waals surface area contributed by atoms with E-state index in [4.69, 9.17) is 5.11 Å². The summed E-state index contributed by atoms with van der Waals surface area (Å²) >= 11 is 0. The maximum Gasteiger partial charge on any atom is 0.307 e. The first-order chi connectivity index (χ1) is 10.1. The number of hydrogen-bond acceptors (Lipinski definition) is 2. The van der Waals surface area contributed by atoms with E-state index in [0.29, 0.717) is 18.8 Å². The fourth-order valence-electron chi connectivity index (χ4n) is 3.10. The highest BCUT2D eigenvalue weighted by atomic mass is 16.4. The molecule has 2 N–H and O–H groups in total. The number of rotatable bonds is 6. The number of carboxylic acids is 1. The molecule has 0 spiro atoms. The van der Waals surface area contributed by atoms with Gasteiger partial charge in [0.15, 0.2) is 0 Å². The molecule has 2 saturated carbocycles. The Balaban J connectivity index is 1.60. The molecule has 0 aliphatic heterocycles. The summed E-state index contributed by atoms with van der Waals surface area (Å²) in [7, 11) is 0. The third kappa shape index (κ3) is 3.26. The minimum atomic E-state index is -0.840. The van der Waals surface area contributed by atoms with Gasteiger partial charge in [0.25, 0.3) is 0 Å². The summed E-state index contributed by atoms with van der Waals surface area (Å²) in [6.07, 6.45) is 4.48. The summed E-state index contributed by atoms with van der Waals surface area (Å²) in [5.74, 6) is -1.17. The summed E-state index contributed by atoms with van der Waals surface area (Å²) < 4.78 is 0. The van der Waals surface area contributed by atoms with Gasteiger partial charge in [0, 0.05) is 6.04 Å². The molecule has 0 aromatic heterocycles. The van der Waals surface area contributed by atoms with Crippen LogP contribution in [0.1, 0.15) is 31.2 Å². The van der Waals surface area contributed by atoms with Crippen LogP contribution in [0.4, 0.5) is 0 Å². The Morgan fingerprint density at radius 3 is 2.29 bits per heavy atom. The Bertz CT molecular complexity index is 524. The second-order valence-corrected chi connectivity index (χ2v) is 6.27. The van der Waals surface area contributed by atoms with Gasteiger partial charge in [-0.25, -0.2) is 0 Å². The minimum Gasteiger partial charge on any atom is -0.481 e. The first-order valence-corrected chi connectivity index (χ1v) is 7.72. The molecule has 2 aliphatic carbocycles. The van der Waals surface area contributed by atoms with E-state index in [0.717, 1.165) is 19.3 Å². The first-order valence-electron chi connectivity index (χ1n) is 7.72. The maximum absolute atomic E-state index is 12.3. The van der Waals surface area contributed by atoms with Gasteiger partial charge >= 0.3 is 5.97 Å². The van der Waals surface area contributed by atoms with Crippen LogP contribution in [-0.4, -0.2) is 23.0 Å². The molecule has 112 valence electrons. The van der Waals surface area contributed by atoms with Gasteiger partial charge in [-0.05, 0) is 43.6 Å². The van der Waals surface area contributed by atoms with Crippen molar-refractivity contribution >= 4 is 11.9 Å². The molecular weight excluding hydrogens is 266 g/mol. The predicted molar refractivity (Wildman–Crippen MR) is 78.7 cm³/mol. The highest BCUT2D eigenvalue weighted by molar-refractivity contribution is 5.86. The number of carbonyl (C=O) groups is 2. The second-order valence-electron chi connectivity index (χ2n) is 6.27. The quantitative estimate of drug-likeness (QED) is 0.843. The highest BCUT2D eigenvalue weighted by Crippen LogP contribution is 2.37. The van der Waals surface area contributed by atoms with Gasteiger partial charge in [-0.1, -0.05) is 30.3 Å². The summed E-state index contributed by atoms with van der Waals surface area (Å²) in [6, 6.07) is 10.3. The van der Waals surface area contributed by atoms with E-state index >= 15 is 0 Å². The van der Waals surface area contributed by atoms with E-state index in [1.54, 1.807) is 0 Å². The molecule has 3 atom stereocenters. The molecule has 3 rings (SSSR count). The molecule has 2 fully saturated rings. The van der Waals surface area contributed by atoms with Gasteiger partial charge in [0.2, 0.25) is 5.91 Å². The van der Waals surface area contributed by atoms with Gasteiger partial charge in [0.1, 0.15) is 0 Å². The van der Waals surface area contributed by atoms with E-state index in [9.17, 15) is 9.59 Å². The second kappa shape index (κ2) is 5.88. The first kappa shape index (κ1) is 14.1. The lowest BCUT2D eigenvalue weighted by Crippen LogP contribution is -2.48. The summed E-state index contributed by atoms with van der Waals surface area (Å²) in [5, 5.41) is 12.2. The molecule has 0 saturated heterocycles. The zero-order chi connectivity index (χ0) is 14.8. The molecule has 0 bridgehead atoms. The molecule has 1 aromatic carbocycles. The Kier molecular flexibility index (Phi) is 3.95. The Hall–Kier alpha value is -1.84. The van der Waals surface area contributed by atoms with Crippen molar-refractivity contribution in [1.29, 1.82) is 0 Å². The SMILES string of the molecule is O=C(O)C1CCC1C(=O)NC(Cc1ccccc1)C1CC1. The smallest absolute Gasteiger partial charge is 0.307 e. The molecule has 0 heterocycles. The van der Waals surface area contributed by atoms with Crippen molar-refractivity contribution in [3.8, 4) is 0 Å². The minimum absolute atomic E-state index is 0.0681. The number of carboxylic acid groups (broad SMARTS) is 1. The molecule has 0 radical (unpaired) electrons. The monoisotopic (exact) mass is 287 g/mol. The molecule has 3 unspecified atom stereocenters. The van der Waals surface area contributed by atoms with Crippen molar-refractivity contribution in [1.82, 2.24) is 5.32 Å². The number of benzene rings is 1. The number of amides is 1. The van der Waals surface area contributed by atoms with Crippen LogP contribution >= 0.6 is 0 Å². The van der Waals surface area contributed by atoms with Crippen molar-refractivity contribution in [2.75, 3.05) is 0 Å². The van der Waals surface area contributed by atoms with Crippen molar-refractivity contribution in [3.05, 3.63) is 35.9 Å². The Labute approximate surface area is 124 Å². The Morgan fingerprint density at radius 2 is 1.76 bits per heavy atom. The van der Waals surface area contributed by atoms with Crippen LogP contribution in [0.15, 0.2) is 30.3 Å². The average molecular weight is 287 g/mol. The van der Waals surface area contributed by atoms with Crippen LogP contribution in [-0.2, 0) is 16.0 Å². The van der Waals surface area contributed by atoms with Gasteiger partial charge in [-0.15, -0.1) is 0 Å². The van der Waals surface area contributed by atoms with Gasteiger partial charge < -0.3 is 10.4 Å². The molecule has 2 aliphatic rings. The standard InChI is InChI=1S/C17H21NO3/c19-16(13-8-9-14(13)17(20)21)18-15(12-6-7-12)10-11-4-2-1-3-5-11/h1-5,12-15H,6-10H2,(H,18,19)(H,20,21). The fraction of sp³-hybridized carbons (Fsp3) is 0.529. The summed E-state index contributed by atoms with van der Waals surface area (Å²) in [6.45, 7) is 0. The lowest BCUT2D eigenvalue weighted by molar-refractivity contribution is -0.153. The van der Waals surface area contributed by atoms with Gasteiger partial charge in [-0.2, -0.15) is 0 Å². The van der Waals surface area contributed by atoms with E-state index < -0.39 is 11.9 Å². The number of nitrogens with one attached hydrogen (secondary N) is 1. The van der Waals surface area contributed by atoms with Gasteiger partial charge in [0.05, 0.1) is 11.8 Å². The summed E-state index contributed by atoms with van der Waals surface area (Å²) in [4.78, 5) is 23.3. The number of hydrogen-bond donors (Lipinski definition) is 2. The largest absolute Gasteiger partial charge is 0.481 e. The zero-order valence-electron chi connectivity index (χ0n) is 12.0. The van der Waals surface area contributed by atoms with Crippen LogP contribution in [0.3, 0.4) is 0 Å². The fourth-order valence-corrected chi connectivity index (χ4v) is 3.10. The van der Waals surface area contributed by atoms with Crippen LogP contribution in [0, 0.1) is 17.8 Å². The third-order valence-electron chi connectivity index (χ3n) is 4.75. The van der Waals surface area contributed by atoms with E-state index in [-0.39, 0.29) is 17.9 Å². The molecule has 4 nitrogen and oxygen atoms in total. The zero-order valence-corrected chi connectivity index (χ0v) is 12.0. The van der Waals surface area contributed by atoms with Crippen molar-refractivity contribution in [3.63, 3.8) is 0 Å². The topological polar surface area (TPSA) is 66.4 Å². The molecular formula is C17H21NO3. The van der Waals surface area contributed by atoms with Crippen LogP contribution < -0.4 is 5.32 Å². The lowest BCUT2D eigenvalue weighted by atomic mass is 9.73. The lowest BCUT2D eigenvalue weighted by Gasteiger charge is -2.33. The van der Waals surface area contributed by atoms with Crippen LogP contribution in [0.5, 0.6) is 0 Å². The molecule has 21 heavy (non-hydrogen) atoms. The van der Waals surface area contributed by atoms with E-state index in [1.807, 2.05) is 18.2 Å². The van der Waals surface area contributed by atoms with E-state index in [1.165, 1.54) is 5.56 Å². The predicted octanol–water partition coefficient (Wildman–Crippen LogP) is 2.23. The average Bonchev–Trinajstić information content (AvgIpc) is 3.21. The molecule has 1 aromatic rings. The number of carbonyl (C=O) groups excluding carboxylic acids is 1. The molecule has 4 heteroatoms. The normalized spacial score (nSPS) is 25.7. The third-order valence-corrected chi connectivity index (χ3v) is 4.75. The Morgan fingerprint density at radius 1 is 1.10 bits per heavy atom. The highest BCUT2D eigenvalue weighted by Gasteiger charge is 2.43. The van der Waals surface area contributed by atoms with E-state index in [2.05, 4.69) is 17.4 Å². The summed E-state index contributed by atoms with van der Waals surface area (Å²) in [5.41, 5.74) is 1.22. The van der Waals surface area contributed by atoms with Crippen molar-refractivity contribution in [2.24, 2.45) is 17.8 Å². The van der Waals surface area contributed by atoms with Gasteiger partial charge in [-0.3, -0.25) is 9.59 Å². The van der Waals surface area contributed by atoms with Crippen molar-refractivity contribution < 1.29 is 14.7 Å². The van der Waals surface area contributed by atoms with Crippen LogP contribution in [0.25, 0.3) is 0 Å². The molecule has 1 amide bonds. The van der Waals surface area contributed by atoms with Crippen LogP contribution in [0.2, 0.25) is 0 Å². The number of aliphatic carboxylic acids is 1. The van der Waals surface area contributed by atoms with Crippen molar-refractivity contribution in [2.45, 2.75) is 38.1 Å². The maximum atomic E-state index is 12.3.